The summed E-state index contributed by atoms with van der Waals surface area (Å²) in [5.74, 6) is -0.520. The molecule has 1 amide bonds. The molecule has 0 spiro atoms. The summed E-state index contributed by atoms with van der Waals surface area (Å²) < 4.78 is 38.5. The molecule has 25 heavy (non-hydrogen) atoms. The van der Waals surface area contributed by atoms with E-state index in [0.29, 0.717) is 5.56 Å². The van der Waals surface area contributed by atoms with Crippen LogP contribution in [-0.2, 0) is 23.8 Å². The Morgan fingerprint density at radius 3 is 2.48 bits per heavy atom. The fourth-order valence-electron chi connectivity index (χ4n) is 2.56. The minimum Gasteiger partial charge on any atom is -0.394 e. The molecular weight excluding hydrogens is 354 g/mol. The Hall–Kier alpha value is -1.56. The first-order chi connectivity index (χ1) is 11.8. The quantitative estimate of drug-likeness (QED) is 0.532. The van der Waals surface area contributed by atoms with Crippen molar-refractivity contribution in [2.24, 2.45) is 0 Å². The molecule has 0 bridgehead atoms. The Balaban J connectivity index is 2.29. The SMILES string of the molecule is CO[C@@H]1O[C@H](CO)[C@@H](O)[C@H](OS(C)(=O)=O)[C@H]1NC(=O)c1ccccc1. The van der Waals surface area contributed by atoms with E-state index in [2.05, 4.69) is 5.32 Å². The van der Waals surface area contributed by atoms with E-state index in [4.69, 9.17) is 13.7 Å². The third-order valence-electron chi connectivity index (χ3n) is 3.71. The van der Waals surface area contributed by atoms with E-state index in [1.807, 2.05) is 0 Å². The number of carbonyl (C=O) groups is 1. The zero-order chi connectivity index (χ0) is 18.6. The van der Waals surface area contributed by atoms with Gasteiger partial charge in [-0.05, 0) is 12.1 Å². The molecule has 9 nitrogen and oxygen atoms in total. The molecule has 2 rings (SSSR count). The Bertz CT molecular complexity index is 680. The van der Waals surface area contributed by atoms with E-state index >= 15 is 0 Å². The average molecular weight is 375 g/mol. The first-order valence-electron chi connectivity index (χ1n) is 7.48. The Labute approximate surface area is 145 Å². The number of methoxy groups -OCH3 is 1. The van der Waals surface area contributed by atoms with Crippen molar-refractivity contribution >= 4 is 16.0 Å². The summed E-state index contributed by atoms with van der Waals surface area (Å²) in [6, 6.07) is 7.09. The number of carbonyl (C=O) groups excluding carboxylic acids is 1. The lowest BCUT2D eigenvalue weighted by Gasteiger charge is -2.43. The van der Waals surface area contributed by atoms with Gasteiger partial charge in [-0.1, -0.05) is 18.2 Å². The summed E-state index contributed by atoms with van der Waals surface area (Å²) >= 11 is 0. The van der Waals surface area contributed by atoms with Crippen LogP contribution in [0.5, 0.6) is 0 Å². The van der Waals surface area contributed by atoms with Gasteiger partial charge in [0.05, 0.1) is 12.9 Å². The van der Waals surface area contributed by atoms with Gasteiger partial charge in [0.25, 0.3) is 16.0 Å². The maximum atomic E-state index is 12.4. The van der Waals surface area contributed by atoms with Crippen molar-refractivity contribution in [3.05, 3.63) is 35.9 Å². The topological polar surface area (TPSA) is 131 Å². The molecule has 0 unspecified atom stereocenters. The zero-order valence-corrected chi connectivity index (χ0v) is 14.5. The Morgan fingerprint density at radius 2 is 1.96 bits per heavy atom. The highest BCUT2D eigenvalue weighted by atomic mass is 32.2. The van der Waals surface area contributed by atoms with Crippen LogP contribution in [0.4, 0.5) is 0 Å². The average Bonchev–Trinajstić information content (AvgIpc) is 2.58. The molecule has 1 saturated heterocycles. The van der Waals surface area contributed by atoms with Crippen molar-refractivity contribution < 1.29 is 37.1 Å². The van der Waals surface area contributed by atoms with Crippen LogP contribution < -0.4 is 5.32 Å². The van der Waals surface area contributed by atoms with E-state index in [1.165, 1.54) is 7.11 Å². The van der Waals surface area contributed by atoms with Gasteiger partial charge in [0.15, 0.2) is 6.29 Å². The number of ether oxygens (including phenoxy) is 2. The summed E-state index contributed by atoms with van der Waals surface area (Å²) in [7, 11) is -2.67. The third kappa shape index (κ3) is 4.97. The molecule has 0 radical (unpaired) electrons. The third-order valence-corrected chi connectivity index (χ3v) is 4.28. The maximum Gasteiger partial charge on any atom is 0.264 e. The van der Waals surface area contributed by atoms with E-state index in [1.54, 1.807) is 30.3 Å². The highest BCUT2D eigenvalue weighted by Crippen LogP contribution is 2.25. The zero-order valence-electron chi connectivity index (χ0n) is 13.7. The predicted octanol–water partition coefficient (Wildman–Crippen LogP) is -1.15. The summed E-state index contributed by atoms with van der Waals surface area (Å²) in [6.07, 6.45) is -4.31. The van der Waals surface area contributed by atoms with Crippen LogP contribution in [0.3, 0.4) is 0 Å². The van der Waals surface area contributed by atoms with Gasteiger partial charge in [-0.3, -0.25) is 8.98 Å². The highest BCUT2D eigenvalue weighted by molar-refractivity contribution is 7.86. The molecule has 1 aliphatic rings. The molecule has 0 saturated carbocycles. The fourth-order valence-corrected chi connectivity index (χ4v) is 3.20. The van der Waals surface area contributed by atoms with E-state index in [-0.39, 0.29) is 0 Å². The second kappa shape index (κ2) is 8.21. The molecule has 1 aromatic carbocycles. The summed E-state index contributed by atoms with van der Waals surface area (Å²) in [5, 5.41) is 22.1. The van der Waals surface area contributed by atoms with Gasteiger partial charge < -0.3 is 25.0 Å². The number of nitrogens with one attached hydrogen (secondary N) is 1. The second-order valence-electron chi connectivity index (χ2n) is 5.58. The monoisotopic (exact) mass is 375 g/mol. The van der Waals surface area contributed by atoms with Crippen molar-refractivity contribution in [3.63, 3.8) is 0 Å². The normalized spacial score (nSPS) is 30.0. The first kappa shape index (κ1) is 19.8. The van der Waals surface area contributed by atoms with Gasteiger partial charge in [0, 0.05) is 12.7 Å². The largest absolute Gasteiger partial charge is 0.394 e. The molecule has 10 heteroatoms. The molecule has 1 aliphatic heterocycles. The van der Waals surface area contributed by atoms with Crippen LogP contribution in [0.2, 0.25) is 0 Å². The minimum absolute atomic E-state index is 0.328. The van der Waals surface area contributed by atoms with E-state index in [0.717, 1.165) is 6.26 Å². The van der Waals surface area contributed by atoms with Crippen LogP contribution in [0, 0.1) is 0 Å². The van der Waals surface area contributed by atoms with Gasteiger partial charge >= 0.3 is 0 Å². The summed E-state index contributed by atoms with van der Waals surface area (Å²) in [5.41, 5.74) is 0.328. The molecule has 1 fully saturated rings. The molecule has 1 heterocycles. The second-order valence-corrected chi connectivity index (χ2v) is 7.18. The predicted molar refractivity (Wildman–Crippen MR) is 86.2 cm³/mol. The maximum absolute atomic E-state index is 12.4. The Kier molecular flexibility index (Phi) is 6.49. The standard InChI is InChI=1S/C15H21NO8S/c1-22-15-11(16-14(19)9-6-4-3-5-7-9)13(24-25(2,20)21)12(18)10(8-17)23-15/h3-7,10-13,15,17-18H,8H2,1-2H3,(H,16,19)/t10-,11-,12-,13-,15-/m1/s1. The molecule has 3 N–H and O–H groups in total. The van der Waals surface area contributed by atoms with Crippen molar-refractivity contribution in [3.8, 4) is 0 Å². The number of aliphatic hydroxyl groups excluding tert-OH is 2. The van der Waals surface area contributed by atoms with Gasteiger partial charge in [-0.25, -0.2) is 0 Å². The molecule has 5 atom stereocenters. The van der Waals surface area contributed by atoms with Crippen molar-refractivity contribution in [2.45, 2.75) is 30.6 Å². The van der Waals surface area contributed by atoms with Crippen LogP contribution in [0.1, 0.15) is 10.4 Å². The van der Waals surface area contributed by atoms with Gasteiger partial charge in [-0.15, -0.1) is 0 Å². The smallest absolute Gasteiger partial charge is 0.264 e. The van der Waals surface area contributed by atoms with Gasteiger partial charge in [-0.2, -0.15) is 8.42 Å². The van der Waals surface area contributed by atoms with E-state index in [9.17, 15) is 23.4 Å². The molecule has 140 valence electrons. The van der Waals surface area contributed by atoms with Crippen LogP contribution in [0.25, 0.3) is 0 Å². The highest BCUT2D eigenvalue weighted by Gasteiger charge is 2.48. The van der Waals surface area contributed by atoms with Crippen molar-refractivity contribution in [1.29, 1.82) is 0 Å². The lowest BCUT2D eigenvalue weighted by atomic mass is 9.96. The molecular formula is C15H21NO8S. The number of hydrogen-bond acceptors (Lipinski definition) is 8. The number of hydrogen-bond donors (Lipinski definition) is 3. The number of rotatable bonds is 6. The Morgan fingerprint density at radius 1 is 1.32 bits per heavy atom. The lowest BCUT2D eigenvalue weighted by Crippen LogP contribution is -2.65. The van der Waals surface area contributed by atoms with Gasteiger partial charge in [0.2, 0.25) is 0 Å². The van der Waals surface area contributed by atoms with E-state index < -0.39 is 53.3 Å². The number of amides is 1. The molecule has 1 aromatic rings. The molecule has 0 aromatic heterocycles. The van der Waals surface area contributed by atoms with Crippen LogP contribution >= 0.6 is 0 Å². The minimum atomic E-state index is -3.96. The van der Waals surface area contributed by atoms with Crippen LogP contribution in [-0.4, -0.2) is 75.2 Å². The summed E-state index contributed by atoms with van der Waals surface area (Å²) in [6.45, 7) is -0.579. The van der Waals surface area contributed by atoms with Crippen LogP contribution in [0.15, 0.2) is 30.3 Å². The van der Waals surface area contributed by atoms with Crippen molar-refractivity contribution in [2.75, 3.05) is 20.0 Å². The lowest BCUT2D eigenvalue weighted by molar-refractivity contribution is -0.256. The number of benzene rings is 1. The molecule has 0 aliphatic carbocycles. The van der Waals surface area contributed by atoms with Crippen molar-refractivity contribution in [1.82, 2.24) is 5.32 Å². The summed E-state index contributed by atoms with van der Waals surface area (Å²) in [4.78, 5) is 12.4. The number of aliphatic hydroxyl groups is 2. The fraction of sp³-hybridized carbons (Fsp3) is 0.533. The first-order valence-corrected chi connectivity index (χ1v) is 9.30. The van der Waals surface area contributed by atoms with Gasteiger partial charge in [0.1, 0.15) is 24.4 Å².